The number of hydrogen-bond donors (Lipinski definition) is 3. The SMILES string of the molecule is CCc1ccccc1N(C(=O)c1snc(C(N)=O)c1N)C(C(=O)NCc1ccccc1)c1ccc(OC)cc1. The lowest BCUT2D eigenvalue weighted by molar-refractivity contribution is -0.122. The van der Waals surface area contributed by atoms with Crippen molar-refractivity contribution < 1.29 is 19.1 Å². The van der Waals surface area contributed by atoms with Crippen LogP contribution in [0.3, 0.4) is 0 Å². The maximum atomic E-state index is 14.2. The van der Waals surface area contributed by atoms with Gasteiger partial charge in [0, 0.05) is 12.2 Å². The number of carbonyl (C=O) groups is 3. The van der Waals surface area contributed by atoms with Gasteiger partial charge in [0.15, 0.2) is 5.69 Å². The summed E-state index contributed by atoms with van der Waals surface area (Å²) in [4.78, 5) is 41.5. The van der Waals surface area contributed by atoms with E-state index < -0.39 is 23.8 Å². The van der Waals surface area contributed by atoms with Gasteiger partial charge in [-0.05, 0) is 52.8 Å². The van der Waals surface area contributed by atoms with E-state index in [4.69, 9.17) is 16.2 Å². The smallest absolute Gasteiger partial charge is 0.273 e. The van der Waals surface area contributed by atoms with E-state index in [9.17, 15) is 14.4 Å². The quantitative estimate of drug-likeness (QED) is 0.275. The molecule has 0 aliphatic carbocycles. The Hall–Kier alpha value is -4.70. The van der Waals surface area contributed by atoms with Crippen LogP contribution in [-0.4, -0.2) is 29.2 Å². The molecule has 5 N–H and O–H groups in total. The molecule has 1 aromatic heterocycles. The summed E-state index contributed by atoms with van der Waals surface area (Å²) in [6.07, 6.45) is 0.603. The highest BCUT2D eigenvalue weighted by atomic mass is 32.1. The first-order valence-electron chi connectivity index (χ1n) is 12.3. The van der Waals surface area contributed by atoms with Gasteiger partial charge >= 0.3 is 0 Å². The Kier molecular flexibility index (Phi) is 8.57. The Bertz CT molecular complexity index is 1470. The van der Waals surface area contributed by atoms with E-state index in [0.29, 0.717) is 23.4 Å². The second kappa shape index (κ2) is 12.2. The minimum absolute atomic E-state index is 0.0177. The molecule has 1 atom stereocenters. The van der Waals surface area contributed by atoms with Crippen molar-refractivity contribution in [3.63, 3.8) is 0 Å². The number of carbonyl (C=O) groups excluding carboxylic acids is 3. The van der Waals surface area contributed by atoms with Crippen molar-refractivity contribution in [1.29, 1.82) is 0 Å². The van der Waals surface area contributed by atoms with Crippen molar-refractivity contribution in [2.75, 3.05) is 17.7 Å². The van der Waals surface area contributed by atoms with E-state index in [1.165, 1.54) is 4.90 Å². The molecule has 0 bridgehead atoms. The predicted octanol–water partition coefficient (Wildman–Crippen LogP) is 4.10. The molecule has 39 heavy (non-hydrogen) atoms. The molecular weight excluding hydrogens is 514 g/mol. The number of benzene rings is 3. The number of nitrogens with one attached hydrogen (secondary N) is 1. The maximum absolute atomic E-state index is 14.2. The van der Waals surface area contributed by atoms with Gasteiger partial charge in [0.05, 0.1) is 12.8 Å². The number of nitrogen functional groups attached to an aromatic ring is 1. The first-order chi connectivity index (χ1) is 18.8. The number of anilines is 2. The van der Waals surface area contributed by atoms with Crippen LogP contribution < -0.4 is 26.4 Å². The Morgan fingerprint density at radius 2 is 1.67 bits per heavy atom. The molecule has 0 saturated carbocycles. The lowest BCUT2D eigenvalue weighted by Gasteiger charge is -2.32. The van der Waals surface area contributed by atoms with Gasteiger partial charge in [-0.2, -0.15) is 4.37 Å². The topological polar surface area (TPSA) is 141 Å². The molecule has 200 valence electrons. The first-order valence-corrected chi connectivity index (χ1v) is 13.0. The highest BCUT2D eigenvalue weighted by molar-refractivity contribution is 7.09. The van der Waals surface area contributed by atoms with Crippen LogP contribution in [0.5, 0.6) is 5.75 Å². The highest BCUT2D eigenvalue weighted by Gasteiger charge is 2.36. The van der Waals surface area contributed by atoms with Crippen molar-refractivity contribution in [2.45, 2.75) is 25.9 Å². The van der Waals surface area contributed by atoms with Gasteiger partial charge in [0.25, 0.3) is 11.8 Å². The summed E-state index contributed by atoms with van der Waals surface area (Å²) in [6, 6.07) is 22.7. The molecule has 3 aromatic carbocycles. The maximum Gasteiger partial charge on any atom is 0.273 e. The van der Waals surface area contributed by atoms with Crippen LogP contribution in [-0.2, 0) is 17.8 Å². The minimum Gasteiger partial charge on any atom is -0.497 e. The number of para-hydroxylation sites is 1. The number of methoxy groups -OCH3 is 1. The fourth-order valence-corrected chi connectivity index (χ4v) is 4.98. The Morgan fingerprint density at radius 1 is 1.00 bits per heavy atom. The van der Waals surface area contributed by atoms with Crippen LogP contribution in [0.1, 0.15) is 49.8 Å². The van der Waals surface area contributed by atoms with E-state index in [0.717, 1.165) is 22.7 Å². The Morgan fingerprint density at radius 3 is 2.28 bits per heavy atom. The average molecular weight is 544 g/mol. The lowest BCUT2D eigenvalue weighted by Crippen LogP contribution is -2.44. The van der Waals surface area contributed by atoms with Crippen molar-refractivity contribution in [3.8, 4) is 5.75 Å². The van der Waals surface area contributed by atoms with Gasteiger partial charge in [-0.15, -0.1) is 0 Å². The van der Waals surface area contributed by atoms with Crippen molar-refractivity contribution in [1.82, 2.24) is 9.69 Å². The number of aryl methyl sites for hydroxylation is 1. The van der Waals surface area contributed by atoms with Crippen LogP contribution in [0.15, 0.2) is 78.9 Å². The van der Waals surface area contributed by atoms with Crippen LogP contribution in [0, 0.1) is 0 Å². The van der Waals surface area contributed by atoms with Gasteiger partial charge in [-0.3, -0.25) is 19.3 Å². The molecule has 9 nitrogen and oxygen atoms in total. The Labute approximate surface area is 230 Å². The number of amides is 3. The van der Waals surface area contributed by atoms with E-state index in [-0.39, 0.29) is 22.8 Å². The molecule has 0 saturated heterocycles. The number of primary amides is 1. The molecule has 4 rings (SSSR count). The zero-order valence-electron chi connectivity index (χ0n) is 21.6. The standard InChI is InChI=1S/C29H29N5O4S/c1-3-19-11-7-8-12-22(19)34(29(37)26-23(30)24(27(31)35)33-39-26)25(20-13-15-21(38-2)16-14-20)28(36)32-17-18-9-5-4-6-10-18/h4-16,25H,3,17,30H2,1-2H3,(H2,31,35)(H,32,36). The highest BCUT2D eigenvalue weighted by Crippen LogP contribution is 2.35. The number of nitrogens with two attached hydrogens (primary N) is 2. The summed E-state index contributed by atoms with van der Waals surface area (Å²) in [5, 5.41) is 2.98. The summed E-state index contributed by atoms with van der Waals surface area (Å²) in [5.41, 5.74) is 14.1. The molecule has 0 spiro atoms. The van der Waals surface area contributed by atoms with Crippen LogP contribution in [0.2, 0.25) is 0 Å². The van der Waals surface area contributed by atoms with Gasteiger partial charge in [-0.25, -0.2) is 0 Å². The minimum atomic E-state index is -1.08. The number of ether oxygens (including phenoxy) is 1. The number of aromatic nitrogens is 1. The third-order valence-electron chi connectivity index (χ3n) is 6.25. The fraction of sp³-hybridized carbons (Fsp3) is 0.172. The predicted molar refractivity (Wildman–Crippen MR) is 152 cm³/mol. The molecule has 3 amide bonds. The monoisotopic (exact) mass is 543 g/mol. The summed E-state index contributed by atoms with van der Waals surface area (Å²) in [6.45, 7) is 2.23. The third-order valence-corrected chi connectivity index (χ3v) is 7.11. The second-order valence-corrected chi connectivity index (χ2v) is 9.45. The zero-order valence-corrected chi connectivity index (χ0v) is 22.4. The van der Waals surface area contributed by atoms with Crippen molar-refractivity contribution in [2.24, 2.45) is 5.73 Å². The van der Waals surface area contributed by atoms with Crippen molar-refractivity contribution in [3.05, 3.63) is 106 Å². The Balaban J connectivity index is 1.86. The molecule has 0 aliphatic heterocycles. The van der Waals surface area contributed by atoms with Crippen LogP contribution in [0.4, 0.5) is 11.4 Å². The summed E-state index contributed by atoms with van der Waals surface area (Å²) in [7, 11) is 1.55. The summed E-state index contributed by atoms with van der Waals surface area (Å²) >= 11 is 0.771. The molecule has 0 radical (unpaired) electrons. The fourth-order valence-electron chi connectivity index (χ4n) is 4.23. The molecule has 0 fully saturated rings. The molecule has 4 aromatic rings. The number of nitrogens with zero attached hydrogens (tertiary/aromatic N) is 2. The lowest BCUT2D eigenvalue weighted by atomic mass is 10.00. The average Bonchev–Trinajstić information content (AvgIpc) is 3.36. The van der Waals surface area contributed by atoms with Gasteiger partial charge in [0.1, 0.15) is 16.7 Å². The molecule has 0 aliphatic rings. The molecular formula is C29H29N5O4S. The van der Waals surface area contributed by atoms with Crippen molar-refractivity contribution >= 4 is 40.6 Å². The van der Waals surface area contributed by atoms with Crippen LogP contribution >= 0.6 is 11.5 Å². The van der Waals surface area contributed by atoms with Gasteiger partial charge in [-0.1, -0.05) is 67.6 Å². The van der Waals surface area contributed by atoms with Crippen LogP contribution in [0.25, 0.3) is 0 Å². The zero-order chi connectivity index (χ0) is 27.9. The summed E-state index contributed by atoms with van der Waals surface area (Å²) < 4.78 is 9.31. The molecule has 1 heterocycles. The summed E-state index contributed by atoms with van der Waals surface area (Å²) in [5.74, 6) is -1.21. The van der Waals surface area contributed by atoms with E-state index >= 15 is 0 Å². The van der Waals surface area contributed by atoms with E-state index in [1.54, 1.807) is 43.5 Å². The van der Waals surface area contributed by atoms with E-state index in [1.807, 2.05) is 49.4 Å². The van der Waals surface area contributed by atoms with Gasteiger partial charge in [0.2, 0.25) is 5.91 Å². The molecule has 1 unspecified atom stereocenters. The number of hydrogen-bond acceptors (Lipinski definition) is 7. The number of rotatable bonds is 10. The van der Waals surface area contributed by atoms with Gasteiger partial charge < -0.3 is 21.5 Å². The second-order valence-electron chi connectivity index (χ2n) is 8.67. The first kappa shape index (κ1) is 27.3. The van der Waals surface area contributed by atoms with E-state index in [2.05, 4.69) is 9.69 Å². The normalized spacial score (nSPS) is 11.4. The third kappa shape index (κ3) is 5.91. The molecule has 10 heteroatoms. The largest absolute Gasteiger partial charge is 0.497 e.